The van der Waals surface area contributed by atoms with Gasteiger partial charge in [-0.15, -0.1) is 0 Å². The van der Waals surface area contributed by atoms with Crippen LogP contribution in [-0.2, 0) is 11.2 Å². The fraction of sp³-hybridized carbons (Fsp3) is 0.355. The zero-order valence-corrected chi connectivity index (χ0v) is 20.8. The predicted molar refractivity (Wildman–Crippen MR) is 137 cm³/mol. The molecule has 0 bridgehead atoms. The molecule has 1 aliphatic heterocycles. The van der Waals surface area contributed by atoms with Crippen LogP contribution in [-0.4, -0.2) is 6.61 Å². The number of ether oxygens (including phenoxy) is 1. The van der Waals surface area contributed by atoms with Crippen molar-refractivity contribution < 1.29 is 22.3 Å². The van der Waals surface area contributed by atoms with Crippen molar-refractivity contribution in [3.63, 3.8) is 0 Å². The summed E-state index contributed by atoms with van der Waals surface area (Å²) in [5.74, 6) is -3.25. The Hall–Kier alpha value is -2.92. The molecule has 1 nitrogen and oxygen atoms in total. The van der Waals surface area contributed by atoms with Crippen molar-refractivity contribution >= 4 is 0 Å². The Balaban J connectivity index is 1.53. The molecule has 0 N–H and O–H groups in total. The molecule has 36 heavy (non-hydrogen) atoms. The average Bonchev–Trinajstić information content (AvgIpc) is 2.89. The maximum atomic E-state index is 15.1. The van der Waals surface area contributed by atoms with Crippen LogP contribution in [0.3, 0.4) is 0 Å². The van der Waals surface area contributed by atoms with Crippen LogP contribution in [0.1, 0.15) is 63.2 Å². The van der Waals surface area contributed by atoms with Crippen LogP contribution in [0, 0.1) is 29.2 Å². The molecule has 1 saturated heterocycles. The van der Waals surface area contributed by atoms with E-state index in [1.54, 1.807) is 48.5 Å². The van der Waals surface area contributed by atoms with Crippen molar-refractivity contribution in [2.75, 3.05) is 6.61 Å². The van der Waals surface area contributed by atoms with Crippen LogP contribution in [0.15, 0.2) is 60.7 Å². The summed E-state index contributed by atoms with van der Waals surface area (Å²) >= 11 is 0. The van der Waals surface area contributed by atoms with Gasteiger partial charge in [0.1, 0.15) is 0 Å². The highest BCUT2D eigenvalue weighted by atomic mass is 19.2. The summed E-state index contributed by atoms with van der Waals surface area (Å²) in [6.07, 6.45) is 8.34. The number of aryl methyl sites for hydroxylation is 1. The maximum Gasteiger partial charge on any atom is 0.167 e. The lowest BCUT2D eigenvalue weighted by molar-refractivity contribution is -0.00743. The monoisotopic (exact) mass is 496 g/mol. The molecule has 0 aromatic heterocycles. The van der Waals surface area contributed by atoms with E-state index in [1.807, 2.05) is 13.0 Å². The SMILES string of the molecule is C/C=C/C1CCC(c2ccc(-c3ccc(-c4ccc(CCCCC)c(F)c4F)cc3)c(F)c2F)OC1. The van der Waals surface area contributed by atoms with E-state index >= 15 is 8.78 Å². The Morgan fingerprint density at radius 1 is 0.778 bits per heavy atom. The first kappa shape index (κ1) is 26.2. The second-order valence-corrected chi connectivity index (χ2v) is 9.45. The third-order valence-corrected chi connectivity index (χ3v) is 6.95. The second-order valence-electron chi connectivity index (χ2n) is 9.45. The van der Waals surface area contributed by atoms with Gasteiger partial charge >= 0.3 is 0 Å². The molecule has 0 spiro atoms. The third-order valence-electron chi connectivity index (χ3n) is 6.95. The van der Waals surface area contributed by atoms with Crippen LogP contribution in [0.2, 0.25) is 0 Å². The molecule has 5 heteroatoms. The Kier molecular flexibility index (Phi) is 8.63. The summed E-state index contributed by atoms with van der Waals surface area (Å²) in [4.78, 5) is 0. The van der Waals surface area contributed by atoms with E-state index in [2.05, 4.69) is 13.0 Å². The lowest BCUT2D eigenvalue weighted by Crippen LogP contribution is -2.20. The van der Waals surface area contributed by atoms with Gasteiger partial charge in [-0.05, 0) is 49.3 Å². The minimum absolute atomic E-state index is 0.114. The number of benzene rings is 3. The molecule has 0 amide bonds. The number of hydrogen-bond acceptors (Lipinski definition) is 1. The molecule has 1 aliphatic rings. The van der Waals surface area contributed by atoms with Gasteiger partial charge in [0.2, 0.25) is 0 Å². The topological polar surface area (TPSA) is 9.23 Å². The van der Waals surface area contributed by atoms with E-state index in [1.165, 1.54) is 0 Å². The first-order chi connectivity index (χ1) is 17.4. The number of unbranched alkanes of at least 4 members (excludes halogenated alkanes) is 2. The van der Waals surface area contributed by atoms with Gasteiger partial charge in [-0.3, -0.25) is 0 Å². The standard InChI is InChI=1S/C31H32F4O/c1-3-5-6-8-23-14-15-24(29(33)28(23)32)21-10-12-22(13-11-21)25-16-17-26(31(35)30(25)34)27-18-9-20(7-4-2)19-36-27/h4,7,10-17,20,27H,3,5-6,8-9,18-19H2,1-2H3/b7-4+. The molecule has 1 heterocycles. The Morgan fingerprint density at radius 3 is 2.00 bits per heavy atom. The molecule has 0 aliphatic carbocycles. The summed E-state index contributed by atoms with van der Waals surface area (Å²) in [5, 5.41) is 0. The normalized spacial score (nSPS) is 18.2. The highest BCUT2D eigenvalue weighted by molar-refractivity contribution is 5.71. The van der Waals surface area contributed by atoms with Gasteiger partial charge in [-0.2, -0.15) is 0 Å². The van der Waals surface area contributed by atoms with Gasteiger partial charge in [0.25, 0.3) is 0 Å². The highest BCUT2D eigenvalue weighted by Gasteiger charge is 2.26. The van der Waals surface area contributed by atoms with E-state index in [-0.39, 0.29) is 16.7 Å². The van der Waals surface area contributed by atoms with E-state index in [0.717, 1.165) is 25.7 Å². The molecule has 0 saturated carbocycles. The van der Waals surface area contributed by atoms with Crippen molar-refractivity contribution in [1.29, 1.82) is 0 Å². The average molecular weight is 497 g/mol. The van der Waals surface area contributed by atoms with Crippen molar-refractivity contribution in [1.82, 2.24) is 0 Å². The molecule has 3 aromatic rings. The van der Waals surface area contributed by atoms with Crippen LogP contribution in [0.25, 0.3) is 22.3 Å². The fourth-order valence-corrected chi connectivity index (χ4v) is 4.88. The number of allylic oxidation sites excluding steroid dienone is 1. The molecule has 1 fully saturated rings. The lowest BCUT2D eigenvalue weighted by atomic mass is 9.92. The zero-order chi connectivity index (χ0) is 25.7. The number of rotatable bonds is 8. The summed E-state index contributed by atoms with van der Waals surface area (Å²) in [6.45, 7) is 4.49. The third kappa shape index (κ3) is 5.57. The van der Waals surface area contributed by atoms with Crippen molar-refractivity contribution in [2.45, 2.75) is 58.5 Å². The van der Waals surface area contributed by atoms with Gasteiger partial charge < -0.3 is 4.74 Å². The summed E-state index contributed by atoms with van der Waals surface area (Å²) in [7, 11) is 0. The van der Waals surface area contributed by atoms with Gasteiger partial charge in [-0.1, -0.05) is 80.4 Å². The molecule has 0 radical (unpaired) electrons. The van der Waals surface area contributed by atoms with Crippen LogP contribution in [0.5, 0.6) is 0 Å². The second kappa shape index (κ2) is 11.9. The fourth-order valence-electron chi connectivity index (χ4n) is 4.88. The quantitative estimate of drug-likeness (QED) is 0.171. The van der Waals surface area contributed by atoms with Gasteiger partial charge in [-0.25, -0.2) is 17.6 Å². The van der Waals surface area contributed by atoms with Gasteiger partial charge in [0.05, 0.1) is 12.7 Å². The minimum atomic E-state index is -0.937. The van der Waals surface area contributed by atoms with Crippen molar-refractivity contribution in [3.8, 4) is 22.3 Å². The Morgan fingerprint density at radius 2 is 1.42 bits per heavy atom. The lowest BCUT2D eigenvalue weighted by Gasteiger charge is -2.28. The Labute approximate surface area is 210 Å². The van der Waals surface area contributed by atoms with Crippen molar-refractivity contribution in [2.24, 2.45) is 5.92 Å². The van der Waals surface area contributed by atoms with Crippen LogP contribution in [0.4, 0.5) is 17.6 Å². The van der Waals surface area contributed by atoms with Gasteiger partial charge in [0.15, 0.2) is 23.3 Å². The van der Waals surface area contributed by atoms with E-state index in [0.29, 0.717) is 42.1 Å². The van der Waals surface area contributed by atoms with Gasteiger partial charge in [0, 0.05) is 22.6 Å². The molecular formula is C31H32F4O. The van der Waals surface area contributed by atoms with Crippen molar-refractivity contribution in [3.05, 3.63) is 95.1 Å². The molecular weight excluding hydrogens is 464 g/mol. The zero-order valence-electron chi connectivity index (χ0n) is 20.8. The smallest absolute Gasteiger partial charge is 0.167 e. The van der Waals surface area contributed by atoms with Crippen LogP contribution >= 0.6 is 0 Å². The molecule has 3 aromatic carbocycles. The summed E-state index contributed by atoms with van der Waals surface area (Å²) < 4.78 is 65.3. The minimum Gasteiger partial charge on any atom is -0.373 e. The van der Waals surface area contributed by atoms with E-state index in [4.69, 9.17) is 4.74 Å². The summed E-state index contributed by atoms with van der Waals surface area (Å²) in [6, 6.07) is 12.7. The summed E-state index contributed by atoms with van der Waals surface area (Å²) in [5.41, 5.74) is 1.78. The number of halogens is 4. The maximum absolute atomic E-state index is 15.1. The first-order valence-corrected chi connectivity index (χ1v) is 12.7. The molecule has 2 unspecified atom stereocenters. The molecule has 2 atom stereocenters. The largest absolute Gasteiger partial charge is 0.373 e. The van der Waals surface area contributed by atoms with E-state index in [9.17, 15) is 8.78 Å². The Bertz CT molecular complexity index is 1210. The molecule has 4 rings (SSSR count). The number of hydrogen-bond donors (Lipinski definition) is 0. The first-order valence-electron chi connectivity index (χ1n) is 12.7. The van der Waals surface area contributed by atoms with Crippen LogP contribution < -0.4 is 0 Å². The predicted octanol–water partition coefficient (Wildman–Crippen LogP) is 9.35. The highest BCUT2D eigenvalue weighted by Crippen LogP contribution is 2.36. The molecule has 190 valence electrons. The van der Waals surface area contributed by atoms with E-state index < -0.39 is 29.4 Å².